The molecule has 1 aromatic heterocycles. The van der Waals surface area contributed by atoms with Crippen molar-refractivity contribution in [2.75, 3.05) is 6.61 Å². The molecule has 0 spiro atoms. The van der Waals surface area contributed by atoms with Gasteiger partial charge in [0.1, 0.15) is 5.75 Å². The molecular formula is C17H16N4O3. The lowest BCUT2D eigenvalue weighted by Crippen LogP contribution is -2.24. The lowest BCUT2D eigenvalue weighted by atomic mass is 10.1. The van der Waals surface area contributed by atoms with Crippen LogP contribution in [0.3, 0.4) is 0 Å². The number of nitriles is 1. The predicted molar refractivity (Wildman–Crippen MR) is 86.0 cm³/mol. The number of nitrogens with one attached hydrogen (secondary N) is 1. The predicted octanol–water partition coefficient (Wildman–Crippen LogP) is 1.06. The molecule has 0 aliphatic rings. The number of ether oxygens (including phenoxy) is 1. The highest BCUT2D eigenvalue weighted by molar-refractivity contribution is 5.94. The van der Waals surface area contributed by atoms with Crippen molar-refractivity contribution in [2.45, 2.75) is 13.5 Å². The lowest BCUT2D eigenvalue weighted by molar-refractivity contribution is -0.119. The van der Waals surface area contributed by atoms with E-state index < -0.39 is 5.91 Å². The maximum absolute atomic E-state index is 12.2. The van der Waals surface area contributed by atoms with Gasteiger partial charge in [-0.05, 0) is 30.7 Å². The molecular weight excluding hydrogens is 308 g/mol. The van der Waals surface area contributed by atoms with Crippen LogP contribution in [0, 0.1) is 18.3 Å². The number of amides is 2. The van der Waals surface area contributed by atoms with E-state index in [1.165, 1.54) is 12.3 Å². The minimum Gasteiger partial charge on any atom is -0.483 e. The number of carbonyl (C=O) groups excluding carboxylic acids is 2. The van der Waals surface area contributed by atoms with Crippen molar-refractivity contribution in [3.05, 3.63) is 58.9 Å². The van der Waals surface area contributed by atoms with Gasteiger partial charge >= 0.3 is 0 Å². The topological polar surface area (TPSA) is 118 Å². The summed E-state index contributed by atoms with van der Waals surface area (Å²) in [4.78, 5) is 27.0. The zero-order chi connectivity index (χ0) is 17.5. The molecule has 0 saturated carbocycles. The largest absolute Gasteiger partial charge is 0.483 e. The van der Waals surface area contributed by atoms with E-state index >= 15 is 0 Å². The second-order valence-electron chi connectivity index (χ2n) is 5.12. The molecule has 0 unspecified atom stereocenters. The van der Waals surface area contributed by atoms with Crippen molar-refractivity contribution in [2.24, 2.45) is 5.73 Å². The van der Waals surface area contributed by atoms with Crippen LogP contribution in [-0.2, 0) is 11.3 Å². The van der Waals surface area contributed by atoms with Gasteiger partial charge in [0.2, 0.25) is 0 Å². The number of aromatic nitrogens is 1. The molecule has 1 heterocycles. The van der Waals surface area contributed by atoms with E-state index in [1.807, 2.05) is 13.0 Å². The summed E-state index contributed by atoms with van der Waals surface area (Å²) < 4.78 is 5.31. The normalized spacial score (nSPS) is 9.83. The zero-order valence-electron chi connectivity index (χ0n) is 13.1. The molecule has 7 heteroatoms. The lowest BCUT2D eigenvalue weighted by Gasteiger charge is -2.12. The second kappa shape index (κ2) is 7.74. The van der Waals surface area contributed by atoms with Crippen molar-refractivity contribution in [1.82, 2.24) is 10.3 Å². The van der Waals surface area contributed by atoms with Gasteiger partial charge in [-0.3, -0.25) is 14.6 Å². The third-order valence-electron chi connectivity index (χ3n) is 3.14. The van der Waals surface area contributed by atoms with Crippen molar-refractivity contribution in [3.8, 4) is 11.8 Å². The number of rotatable bonds is 6. The van der Waals surface area contributed by atoms with E-state index in [0.29, 0.717) is 22.4 Å². The molecule has 0 aliphatic carbocycles. The number of aryl methyl sites for hydroxylation is 1. The van der Waals surface area contributed by atoms with Crippen LogP contribution in [0.5, 0.6) is 5.75 Å². The Kier molecular flexibility index (Phi) is 5.47. The average Bonchev–Trinajstić information content (AvgIpc) is 2.58. The Morgan fingerprint density at radius 2 is 2.12 bits per heavy atom. The van der Waals surface area contributed by atoms with Gasteiger partial charge < -0.3 is 15.8 Å². The zero-order valence-corrected chi connectivity index (χ0v) is 13.1. The summed E-state index contributed by atoms with van der Waals surface area (Å²) in [7, 11) is 0. The summed E-state index contributed by atoms with van der Waals surface area (Å²) >= 11 is 0. The van der Waals surface area contributed by atoms with Crippen LogP contribution < -0.4 is 15.8 Å². The van der Waals surface area contributed by atoms with Crippen LogP contribution in [0.4, 0.5) is 0 Å². The van der Waals surface area contributed by atoms with E-state index in [0.717, 1.165) is 5.56 Å². The summed E-state index contributed by atoms with van der Waals surface area (Å²) in [6.45, 7) is 1.71. The maximum atomic E-state index is 12.2. The average molecular weight is 324 g/mol. The first-order valence-electron chi connectivity index (χ1n) is 7.13. The molecule has 0 saturated heterocycles. The number of hydrogen-bond donors (Lipinski definition) is 2. The van der Waals surface area contributed by atoms with E-state index in [1.54, 1.807) is 24.4 Å². The van der Waals surface area contributed by atoms with E-state index in [9.17, 15) is 9.59 Å². The molecule has 0 aliphatic heterocycles. The monoisotopic (exact) mass is 324 g/mol. The van der Waals surface area contributed by atoms with Crippen molar-refractivity contribution in [1.29, 1.82) is 5.26 Å². The van der Waals surface area contributed by atoms with Crippen LogP contribution in [0.1, 0.15) is 27.0 Å². The van der Waals surface area contributed by atoms with Gasteiger partial charge in [-0.2, -0.15) is 5.26 Å². The number of pyridine rings is 1. The Morgan fingerprint density at radius 1 is 1.33 bits per heavy atom. The van der Waals surface area contributed by atoms with Gasteiger partial charge in [0, 0.05) is 24.5 Å². The van der Waals surface area contributed by atoms with E-state index in [4.69, 9.17) is 15.7 Å². The molecule has 0 bridgehead atoms. The third-order valence-corrected chi connectivity index (χ3v) is 3.14. The summed E-state index contributed by atoms with van der Waals surface area (Å²) in [5.41, 5.74) is 7.41. The summed E-state index contributed by atoms with van der Waals surface area (Å²) in [5.74, 6) is -0.579. The van der Waals surface area contributed by atoms with Gasteiger partial charge in [0.15, 0.2) is 6.61 Å². The van der Waals surface area contributed by atoms with E-state index in [-0.39, 0.29) is 19.1 Å². The molecule has 0 atom stereocenters. The van der Waals surface area contributed by atoms with E-state index in [2.05, 4.69) is 10.3 Å². The van der Waals surface area contributed by atoms with Crippen molar-refractivity contribution >= 4 is 11.8 Å². The molecule has 2 rings (SSSR count). The molecule has 122 valence electrons. The van der Waals surface area contributed by atoms with Gasteiger partial charge in [0.25, 0.3) is 11.8 Å². The minimum atomic E-state index is -0.627. The first-order chi connectivity index (χ1) is 11.5. The van der Waals surface area contributed by atoms with Crippen LogP contribution in [0.25, 0.3) is 0 Å². The SMILES string of the molecule is Cc1cncc(C(=O)NCc2ccc(C#N)cc2OCC(N)=O)c1. The number of carbonyl (C=O) groups is 2. The molecule has 2 aromatic rings. The Bertz CT molecular complexity index is 812. The fraction of sp³-hybridized carbons (Fsp3) is 0.176. The molecule has 2 amide bonds. The third kappa shape index (κ3) is 4.55. The Labute approximate surface area is 139 Å². The summed E-state index contributed by atoms with van der Waals surface area (Å²) in [5, 5.41) is 11.7. The number of nitrogens with two attached hydrogens (primary N) is 1. The second-order valence-corrected chi connectivity index (χ2v) is 5.12. The quantitative estimate of drug-likeness (QED) is 0.823. The highest BCUT2D eigenvalue weighted by atomic mass is 16.5. The number of nitrogens with zero attached hydrogens (tertiary/aromatic N) is 2. The Hall–Kier alpha value is -3.40. The number of primary amides is 1. The standard InChI is InChI=1S/C17H16N4O3/c1-11-4-14(8-20-7-11)17(23)21-9-13-3-2-12(6-18)5-15(13)24-10-16(19)22/h2-5,7-8H,9-10H2,1H3,(H2,19,22)(H,21,23). The van der Waals surface area contributed by atoms with Crippen molar-refractivity contribution < 1.29 is 14.3 Å². The molecule has 24 heavy (non-hydrogen) atoms. The van der Waals surface area contributed by atoms with Crippen LogP contribution in [-0.4, -0.2) is 23.4 Å². The molecule has 0 radical (unpaired) electrons. The van der Waals surface area contributed by atoms with Crippen molar-refractivity contribution in [3.63, 3.8) is 0 Å². The number of hydrogen-bond acceptors (Lipinski definition) is 5. The molecule has 1 aromatic carbocycles. The van der Waals surface area contributed by atoms with Gasteiger partial charge in [0.05, 0.1) is 17.2 Å². The maximum Gasteiger partial charge on any atom is 0.255 e. The molecule has 0 fully saturated rings. The minimum absolute atomic E-state index is 0.173. The number of benzene rings is 1. The molecule has 7 nitrogen and oxygen atoms in total. The summed E-state index contributed by atoms with van der Waals surface area (Å²) in [6.07, 6.45) is 3.14. The first kappa shape index (κ1) is 17.0. The van der Waals surface area contributed by atoms with Gasteiger partial charge in [-0.15, -0.1) is 0 Å². The first-order valence-corrected chi connectivity index (χ1v) is 7.13. The smallest absolute Gasteiger partial charge is 0.255 e. The summed E-state index contributed by atoms with van der Waals surface area (Å²) in [6, 6.07) is 8.47. The fourth-order valence-corrected chi connectivity index (χ4v) is 2.01. The van der Waals surface area contributed by atoms with Crippen LogP contribution >= 0.6 is 0 Å². The van der Waals surface area contributed by atoms with Gasteiger partial charge in [-0.25, -0.2) is 0 Å². The van der Waals surface area contributed by atoms with Gasteiger partial charge in [-0.1, -0.05) is 6.07 Å². The highest BCUT2D eigenvalue weighted by Gasteiger charge is 2.10. The fourth-order valence-electron chi connectivity index (χ4n) is 2.01. The highest BCUT2D eigenvalue weighted by Crippen LogP contribution is 2.20. The Balaban J connectivity index is 2.12. The molecule has 3 N–H and O–H groups in total. The van der Waals surface area contributed by atoms with Crippen LogP contribution in [0.15, 0.2) is 36.7 Å². The Morgan fingerprint density at radius 3 is 2.79 bits per heavy atom. The van der Waals surface area contributed by atoms with Crippen LogP contribution in [0.2, 0.25) is 0 Å².